The SMILES string of the molecule is CC(C)COc1ccc(-c2csc3c(=O)[nH]c(-c4nccn4C)nc23)cn1.Cc1cccc(-c2csc3c(=O)[nH]c(-c4ccncn4)nc23)c1.Cc1sc2c(=O)[nH]c(-c3nccn3C)nc2c1-c1cccc(C(F)(F)F)c1.Cc1sc2c(=O)[nH]c(-c3nccn3C)nc2c1-c1ccccc1Cl.Cn1ccnc1-c1nc2c(-c3cccc(OC(F)(F)F)c3)csc2c(=O)[nH]1. The number of ether oxygens (including phenoxy) is 2. The molecule has 5 N–H and O–H groups in total. The molecule has 0 aliphatic rings. The quantitative estimate of drug-likeness (QED) is 0.0631. The van der Waals surface area contributed by atoms with Gasteiger partial charge in [-0.1, -0.05) is 97.7 Å². The zero-order chi connectivity index (χ0) is 90.1. The third-order valence-corrected chi connectivity index (χ3v) is 25.0. The second-order valence-electron chi connectivity index (χ2n) is 29.1. The van der Waals surface area contributed by atoms with Crippen LogP contribution in [0.1, 0.15) is 34.7 Å². The first kappa shape index (κ1) is 87.1. The second-order valence-corrected chi connectivity index (χ2v) is 34.6. The van der Waals surface area contributed by atoms with Gasteiger partial charge in [0.1, 0.15) is 41.3 Å². The van der Waals surface area contributed by atoms with Crippen molar-refractivity contribution in [2.24, 2.45) is 34.1 Å². The minimum Gasteiger partial charge on any atom is -0.477 e. The summed E-state index contributed by atoms with van der Waals surface area (Å²) < 4.78 is 96.0. The number of pyridine rings is 1. The zero-order valence-electron chi connectivity index (χ0n) is 68.5. The lowest BCUT2D eigenvalue weighted by Gasteiger charge is -2.09. The van der Waals surface area contributed by atoms with Crippen LogP contribution in [0.15, 0.2) is 224 Å². The molecular formula is C88H68ClF6N21O7S5. The summed E-state index contributed by atoms with van der Waals surface area (Å²) in [5.74, 6) is 4.76. The molecule has 28 nitrogen and oxygen atoms in total. The lowest BCUT2D eigenvalue weighted by molar-refractivity contribution is -0.274. The molecule has 0 atom stereocenters. The van der Waals surface area contributed by atoms with Gasteiger partial charge >= 0.3 is 12.5 Å². The number of fused-ring (bicyclic) bond motifs is 5. The number of alkyl halides is 6. The van der Waals surface area contributed by atoms with Gasteiger partial charge in [0.2, 0.25) is 5.88 Å². The lowest BCUT2D eigenvalue weighted by Crippen LogP contribution is -2.17. The Bertz CT molecular complexity index is 7870. The van der Waals surface area contributed by atoms with E-state index in [2.05, 4.69) is 104 Å². The Morgan fingerprint density at radius 3 is 1.34 bits per heavy atom. The Hall–Kier alpha value is -14.4. The summed E-state index contributed by atoms with van der Waals surface area (Å²) in [6.07, 6.45) is 9.14. The Morgan fingerprint density at radius 1 is 0.438 bits per heavy atom. The van der Waals surface area contributed by atoms with E-state index >= 15 is 0 Å². The highest BCUT2D eigenvalue weighted by molar-refractivity contribution is 7.20. The number of H-pyrrole nitrogens is 5. The van der Waals surface area contributed by atoms with Crippen molar-refractivity contribution < 1.29 is 35.8 Å². The molecule has 4 aromatic carbocycles. The fraction of sp³-hybridized carbons (Fsp3) is 0.148. The van der Waals surface area contributed by atoms with Crippen molar-refractivity contribution in [2.45, 2.75) is 47.2 Å². The predicted octanol–water partition coefficient (Wildman–Crippen LogP) is 19.2. The average molecular weight is 1840 g/mol. The van der Waals surface area contributed by atoms with Crippen LogP contribution in [0.3, 0.4) is 0 Å². The third-order valence-electron chi connectivity index (χ3n) is 19.6. The standard InChI is InChI=1S/C19H19N5O2S.C18H13F3N4OS.C17H13ClN4OS.C17H11F3N4O2S.C17H12N4OS/c1-11(2)9-26-14-5-4-12(8-21-14)13-10-27-16-15(13)22-17(23-19(16)25)18-20-6-7-24(18)3;1-9-12(10-4-3-5-11(8-10)18(19,20)21)13-14(27-9)17(26)24-15(23-13)16-22-6-7-25(16)2;1-9-12(10-5-3-4-6-11(10)18)13-14(24-9)17(23)21-15(20-13)16-19-7-8-22(16)2;1-24-6-5-21-15(24)14-22-12-11(8-27-13(12)16(25)23-14)9-3-2-4-10(7-9)26-17(18,19)20;1-10-3-2-4-11(7-10)12-8-23-15-14(12)20-16(21-17(15)22)13-5-6-18-9-19-13/h4-8,10-11H,9H2,1-3H3,(H,22,23,25);3-8H,1-2H3,(H,23,24,26);3-8H,1-2H3,(H,20,21,23);2-8H,1H3,(H,22,23,25);2-9H,1H3,(H,20,21,22). The second kappa shape index (κ2) is 36.3. The number of nitrogens with one attached hydrogen (secondary N) is 5. The molecule has 0 saturated heterocycles. The number of thiophene rings is 5. The molecule has 40 heteroatoms. The number of hydrogen-bond donors (Lipinski definition) is 5. The number of rotatable bonds is 14. The van der Waals surface area contributed by atoms with E-state index in [0.29, 0.717) is 143 Å². The minimum absolute atomic E-state index is 0.146. The number of aryl methyl sites for hydroxylation is 7. The van der Waals surface area contributed by atoms with Gasteiger partial charge in [0.05, 0.1) is 39.8 Å². The van der Waals surface area contributed by atoms with E-state index in [1.54, 1.807) is 103 Å². The number of nitrogens with zero attached hydrogens (tertiary/aromatic N) is 16. The Kier molecular flexibility index (Phi) is 24.7. The first-order chi connectivity index (χ1) is 61.4. The molecule has 0 spiro atoms. The zero-order valence-corrected chi connectivity index (χ0v) is 73.4. The summed E-state index contributed by atoms with van der Waals surface area (Å²) >= 11 is 12.9. The number of hydrogen-bond acceptors (Lipinski definition) is 24. The molecule has 0 radical (unpaired) electrons. The van der Waals surface area contributed by atoms with Crippen molar-refractivity contribution in [2.75, 3.05) is 6.61 Å². The Balaban J connectivity index is 0.000000118. The van der Waals surface area contributed by atoms with Crippen LogP contribution in [0, 0.1) is 26.7 Å². The van der Waals surface area contributed by atoms with Gasteiger partial charge in [0.15, 0.2) is 52.4 Å². The van der Waals surface area contributed by atoms with E-state index in [-0.39, 0.29) is 45.2 Å². The van der Waals surface area contributed by atoms with Crippen LogP contribution in [0.4, 0.5) is 26.3 Å². The Morgan fingerprint density at radius 2 is 0.883 bits per heavy atom. The molecule has 20 aromatic rings. The molecule has 0 bridgehead atoms. The average Bonchev–Trinajstić information content (AvgIpc) is 1.61. The molecule has 16 aromatic heterocycles. The topological polar surface area (TPSA) is 357 Å². The molecule has 0 saturated carbocycles. The third kappa shape index (κ3) is 18.5. The van der Waals surface area contributed by atoms with Gasteiger partial charge < -0.3 is 52.7 Å². The first-order valence-corrected chi connectivity index (χ1v) is 43.3. The highest BCUT2D eigenvalue weighted by atomic mass is 35.5. The van der Waals surface area contributed by atoms with Crippen LogP contribution in [-0.4, -0.2) is 116 Å². The van der Waals surface area contributed by atoms with Crippen LogP contribution in [0.2, 0.25) is 5.02 Å². The van der Waals surface area contributed by atoms with Gasteiger partial charge in [0.25, 0.3) is 27.8 Å². The van der Waals surface area contributed by atoms with Crippen molar-refractivity contribution in [1.29, 1.82) is 0 Å². The molecule has 0 unspecified atom stereocenters. The molecule has 646 valence electrons. The highest BCUT2D eigenvalue weighted by Crippen LogP contribution is 2.43. The summed E-state index contributed by atoms with van der Waals surface area (Å²) in [7, 11) is 7.25. The first-order valence-electron chi connectivity index (χ1n) is 38.6. The maximum Gasteiger partial charge on any atom is 0.573 e. The summed E-state index contributed by atoms with van der Waals surface area (Å²) in [5, 5.41) is 6.23. The Labute approximate surface area is 743 Å². The molecule has 0 aliphatic heterocycles. The minimum atomic E-state index is -4.78. The molecule has 20 rings (SSSR count). The number of aromatic amines is 5. The summed E-state index contributed by atoms with van der Waals surface area (Å²) in [4.78, 5) is 130. The van der Waals surface area contributed by atoms with Gasteiger partial charge in [-0.15, -0.1) is 69.9 Å². The molecule has 0 amide bonds. The molecule has 0 fully saturated rings. The fourth-order valence-corrected chi connectivity index (χ4v) is 18.6. The van der Waals surface area contributed by atoms with Crippen LogP contribution < -0.4 is 37.3 Å². The largest absolute Gasteiger partial charge is 0.573 e. The van der Waals surface area contributed by atoms with E-state index in [9.17, 15) is 50.3 Å². The monoisotopic (exact) mass is 1840 g/mol. The maximum atomic E-state index is 13.1. The van der Waals surface area contributed by atoms with Crippen molar-refractivity contribution >= 4 is 119 Å². The predicted molar refractivity (Wildman–Crippen MR) is 487 cm³/mol. The normalized spacial score (nSPS) is 11.5. The van der Waals surface area contributed by atoms with Gasteiger partial charge in [-0.25, -0.2) is 59.8 Å². The van der Waals surface area contributed by atoms with Crippen LogP contribution in [0.25, 0.3) is 165 Å². The van der Waals surface area contributed by atoms with Gasteiger partial charge in [0, 0.05) is 166 Å². The van der Waals surface area contributed by atoms with Crippen LogP contribution in [-0.2, 0) is 34.4 Å². The van der Waals surface area contributed by atoms with Crippen molar-refractivity contribution in [3.8, 4) is 125 Å². The number of aromatic nitrogens is 21. The van der Waals surface area contributed by atoms with Crippen LogP contribution >= 0.6 is 68.3 Å². The fourth-order valence-electron chi connectivity index (χ4n) is 13.7. The smallest absolute Gasteiger partial charge is 0.477 e. The number of imidazole rings is 4. The van der Waals surface area contributed by atoms with Gasteiger partial charge in [-0.2, -0.15) is 13.2 Å². The number of halogens is 7. The number of benzene rings is 4. The summed E-state index contributed by atoms with van der Waals surface area (Å²) in [6, 6.07) is 31.9. The van der Waals surface area contributed by atoms with E-state index in [1.807, 2.05) is 115 Å². The van der Waals surface area contributed by atoms with Crippen molar-refractivity contribution in [3.05, 3.63) is 277 Å². The van der Waals surface area contributed by atoms with E-state index in [4.69, 9.17) is 21.3 Å². The lowest BCUT2D eigenvalue weighted by atomic mass is 10.0. The summed E-state index contributed by atoms with van der Waals surface area (Å²) in [5.41, 5.74) is 10.1. The van der Waals surface area contributed by atoms with E-state index in [0.717, 1.165) is 55.3 Å². The van der Waals surface area contributed by atoms with Gasteiger partial charge in [-0.05, 0) is 85.8 Å². The van der Waals surface area contributed by atoms with Crippen LogP contribution in [0.5, 0.6) is 11.6 Å². The van der Waals surface area contributed by atoms with Gasteiger partial charge in [-0.3, -0.25) is 24.0 Å². The van der Waals surface area contributed by atoms with Crippen molar-refractivity contribution in [3.63, 3.8) is 0 Å². The highest BCUT2D eigenvalue weighted by Gasteiger charge is 2.33. The molecular weight excluding hydrogens is 1770 g/mol. The molecule has 16 heterocycles. The maximum absolute atomic E-state index is 13.1. The van der Waals surface area contributed by atoms with E-state index in [1.165, 1.54) is 92.8 Å². The molecule has 0 aliphatic carbocycles. The van der Waals surface area contributed by atoms with E-state index < -0.39 is 18.1 Å². The summed E-state index contributed by atoms with van der Waals surface area (Å²) in [6.45, 7) is 10.6. The molecule has 128 heavy (non-hydrogen) atoms. The van der Waals surface area contributed by atoms with Crippen molar-refractivity contribution in [1.82, 2.24) is 103 Å².